The number of unbranched alkanes of at least 4 members (excludes halogenated alkanes) is 6. The summed E-state index contributed by atoms with van der Waals surface area (Å²) in [6, 6.07) is 0.911. The number of benzene rings is 1. The molecule has 0 atom stereocenters. The van der Waals surface area contributed by atoms with Gasteiger partial charge in [-0.05, 0) is 50.7 Å². The monoisotopic (exact) mass is 635 g/mol. The predicted octanol–water partition coefficient (Wildman–Crippen LogP) is 8.60. The van der Waals surface area contributed by atoms with Crippen molar-refractivity contribution in [2.45, 2.75) is 95.4 Å². The minimum absolute atomic E-state index is 0.117. The molecule has 1 saturated heterocycles. The van der Waals surface area contributed by atoms with Gasteiger partial charge in [-0.25, -0.2) is 9.69 Å². The Kier molecular flexibility index (Phi) is 12.0. The number of hydrogen-bond donors (Lipinski definition) is 0. The fourth-order valence-electron chi connectivity index (χ4n) is 4.48. The van der Waals surface area contributed by atoms with Gasteiger partial charge in [0.15, 0.2) is 0 Å². The number of carbonyl (C=O) groups is 2. The van der Waals surface area contributed by atoms with E-state index in [2.05, 4.69) is 0 Å². The molecule has 1 aromatic rings. The molecule has 0 radical (unpaired) electrons. The smallest absolute Gasteiger partial charge is 0.310 e. The van der Waals surface area contributed by atoms with E-state index in [1.807, 2.05) is 0 Å². The number of hydrogen-bond acceptors (Lipinski definition) is 5. The lowest BCUT2D eigenvalue weighted by Crippen LogP contribution is -2.44. The standard InChI is InChI=1S/C26H33F8N3O4S/c1-23(2)21(38)36(20-12-11-18(37(40)41)17-19(20)25(29,30)31)22(39)35(23)14-8-6-4-3-5-7-9-15-42-16-10-13-24(27,28)26(32,33)34/h11-12,17H,3-10,13-16H2,1-2H3. The Morgan fingerprint density at radius 3 is 1.95 bits per heavy atom. The summed E-state index contributed by atoms with van der Waals surface area (Å²) in [6.07, 6.45) is -6.70. The molecule has 0 saturated carbocycles. The predicted molar refractivity (Wildman–Crippen MR) is 142 cm³/mol. The van der Waals surface area contributed by atoms with Crippen LogP contribution in [0.15, 0.2) is 18.2 Å². The van der Waals surface area contributed by atoms with Gasteiger partial charge in [-0.15, -0.1) is 0 Å². The number of urea groups is 1. The van der Waals surface area contributed by atoms with Crippen LogP contribution in [-0.2, 0) is 11.0 Å². The van der Waals surface area contributed by atoms with Crippen molar-refractivity contribution in [3.05, 3.63) is 33.9 Å². The maximum Gasteiger partial charge on any atom is 0.453 e. The van der Waals surface area contributed by atoms with E-state index in [1.165, 1.54) is 30.5 Å². The molecule has 0 aromatic heterocycles. The van der Waals surface area contributed by atoms with Gasteiger partial charge < -0.3 is 4.90 Å². The molecule has 42 heavy (non-hydrogen) atoms. The highest BCUT2D eigenvalue weighted by Crippen LogP contribution is 2.42. The number of rotatable bonds is 16. The highest BCUT2D eigenvalue weighted by atomic mass is 32.2. The molecule has 0 spiro atoms. The fourth-order valence-corrected chi connectivity index (χ4v) is 5.44. The molecular weight excluding hydrogens is 602 g/mol. The van der Waals surface area contributed by atoms with E-state index in [0.717, 1.165) is 44.2 Å². The van der Waals surface area contributed by atoms with Crippen LogP contribution in [-0.4, -0.2) is 57.4 Å². The number of thioether (sulfide) groups is 1. The SMILES string of the molecule is CC1(C)C(=O)N(c2ccc([N+](=O)[O-])cc2C(F)(F)F)C(=O)N1CCCCCCCCCSCCCC(F)(F)C(F)(F)F. The van der Waals surface area contributed by atoms with Gasteiger partial charge in [0, 0.05) is 25.1 Å². The molecule has 3 amide bonds. The number of nitro benzene ring substituents is 1. The van der Waals surface area contributed by atoms with Crippen LogP contribution in [0, 0.1) is 10.1 Å². The number of anilines is 1. The molecule has 0 N–H and O–H groups in total. The number of nitrogens with zero attached hydrogens (tertiary/aromatic N) is 3. The quantitative estimate of drug-likeness (QED) is 0.0597. The first-order valence-corrected chi connectivity index (χ1v) is 14.5. The molecule has 1 aliphatic heterocycles. The number of nitro groups is 1. The first-order chi connectivity index (χ1) is 19.3. The molecular formula is C26H33F8N3O4S. The molecule has 1 aromatic carbocycles. The molecule has 0 aliphatic carbocycles. The Balaban J connectivity index is 1.76. The summed E-state index contributed by atoms with van der Waals surface area (Å²) in [5, 5.41) is 11.0. The lowest BCUT2D eigenvalue weighted by atomic mass is 10.0. The van der Waals surface area contributed by atoms with Crippen LogP contribution in [0.5, 0.6) is 0 Å². The third kappa shape index (κ3) is 8.93. The minimum atomic E-state index is -5.52. The molecule has 1 fully saturated rings. The molecule has 1 heterocycles. The number of imide groups is 1. The number of alkyl halides is 8. The van der Waals surface area contributed by atoms with E-state index in [1.54, 1.807) is 0 Å². The molecule has 0 bridgehead atoms. The summed E-state index contributed by atoms with van der Waals surface area (Å²) in [7, 11) is 0. The van der Waals surface area contributed by atoms with Crippen LogP contribution in [0.25, 0.3) is 0 Å². The van der Waals surface area contributed by atoms with Crippen molar-refractivity contribution >= 4 is 35.1 Å². The lowest BCUT2D eigenvalue weighted by molar-refractivity contribution is -0.385. The largest absolute Gasteiger partial charge is 0.453 e. The van der Waals surface area contributed by atoms with E-state index in [-0.39, 0.29) is 18.7 Å². The second-order valence-electron chi connectivity index (χ2n) is 10.5. The highest BCUT2D eigenvalue weighted by Gasteiger charge is 2.56. The van der Waals surface area contributed by atoms with Crippen LogP contribution in [0.1, 0.15) is 77.2 Å². The number of carbonyl (C=O) groups excluding carboxylic acids is 2. The molecule has 0 unspecified atom stereocenters. The van der Waals surface area contributed by atoms with E-state index < -0.39 is 64.0 Å². The number of halogens is 8. The van der Waals surface area contributed by atoms with Gasteiger partial charge in [0.05, 0.1) is 16.2 Å². The maximum atomic E-state index is 13.7. The van der Waals surface area contributed by atoms with Gasteiger partial charge in [-0.3, -0.25) is 14.9 Å². The van der Waals surface area contributed by atoms with Crippen molar-refractivity contribution in [1.82, 2.24) is 4.90 Å². The topological polar surface area (TPSA) is 83.8 Å². The summed E-state index contributed by atoms with van der Waals surface area (Å²) in [5.74, 6) is -4.67. The minimum Gasteiger partial charge on any atom is -0.310 e. The number of non-ortho nitro benzene ring substituents is 1. The van der Waals surface area contributed by atoms with E-state index >= 15 is 0 Å². The normalized spacial score (nSPS) is 16.0. The zero-order chi connectivity index (χ0) is 31.9. The van der Waals surface area contributed by atoms with Gasteiger partial charge in [0.25, 0.3) is 11.6 Å². The Morgan fingerprint density at radius 2 is 1.40 bits per heavy atom. The van der Waals surface area contributed by atoms with Crippen LogP contribution in [0.4, 0.5) is 51.3 Å². The van der Waals surface area contributed by atoms with Gasteiger partial charge in [0.1, 0.15) is 5.54 Å². The van der Waals surface area contributed by atoms with Crippen molar-refractivity contribution in [3.63, 3.8) is 0 Å². The Morgan fingerprint density at radius 1 is 0.857 bits per heavy atom. The third-order valence-electron chi connectivity index (χ3n) is 6.93. The molecule has 238 valence electrons. The second kappa shape index (κ2) is 14.2. The number of amides is 3. The lowest BCUT2D eigenvalue weighted by Gasteiger charge is -2.27. The Labute approximate surface area is 242 Å². The van der Waals surface area contributed by atoms with E-state index in [0.29, 0.717) is 29.6 Å². The average molecular weight is 636 g/mol. The summed E-state index contributed by atoms with van der Waals surface area (Å²) in [4.78, 5) is 37.7. The zero-order valence-corrected chi connectivity index (χ0v) is 23.9. The summed E-state index contributed by atoms with van der Waals surface area (Å²) in [6.45, 7) is 2.96. The van der Waals surface area contributed by atoms with Crippen LogP contribution < -0.4 is 4.90 Å². The Hall–Kier alpha value is -2.65. The van der Waals surface area contributed by atoms with Gasteiger partial charge in [-0.2, -0.15) is 46.9 Å². The second-order valence-corrected chi connectivity index (χ2v) is 11.7. The van der Waals surface area contributed by atoms with Crippen molar-refractivity contribution in [3.8, 4) is 0 Å². The maximum absolute atomic E-state index is 13.7. The third-order valence-corrected chi connectivity index (χ3v) is 8.08. The van der Waals surface area contributed by atoms with Crippen molar-refractivity contribution in [1.29, 1.82) is 0 Å². The van der Waals surface area contributed by atoms with E-state index in [9.17, 15) is 54.8 Å². The summed E-state index contributed by atoms with van der Waals surface area (Å²) in [5.41, 5.74) is -4.48. The van der Waals surface area contributed by atoms with E-state index in [4.69, 9.17) is 0 Å². The zero-order valence-electron chi connectivity index (χ0n) is 23.1. The molecule has 16 heteroatoms. The van der Waals surface area contributed by atoms with Crippen LogP contribution in [0.3, 0.4) is 0 Å². The van der Waals surface area contributed by atoms with Crippen LogP contribution >= 0.6 is 11.8 Å². The summed E-state index contributed by atoms with van der Waals surface area (Å²) >= 11 is 1.33. The first kappa shape index (κ1) is 35.5. The van der Waals surface area contributed by atoms with Crippen molar-refractivity contribution < 1.29 is 49.6 Å². The highest BCUT2D eigenvalue weighted by molar-refractivity contribution is 7.99. The molecule has 7 nitrogen and oxygen atoms in total. The Bertz CT molecular complexity index is 1110. The van der Waals surface area contributed by atoms with Crippen molar-refractivity contribution in [2.75, 3.05) is 23.0 Å². The first-order valence-electron chi connectivity index (χ1n) is 13.4. The van der Waals surface area contributed by atoms with Gasteiger partial charge >= 0.3 is 24.3 Å². The fraction of sp³-hybridized carbons (Fsp3) is 0.692. The molecule has 2 rings (SSSR count). The van der Waals surface area contributed by atoms with Gasteiger partial charge in [-0.1, -0.05) is 32.1 Å². The van der Waals surface area contributed by atoms with Gasteiger partial charge in [0.2, 0.25) is 0 Å². The molecule has 1 aliphatic rings. The summed E-state index contributed by atoms with van der Waals surface area (Å²) < 4.78 is 103. The van der Waals surface area contributed by atoms with Crippen LogP contribution in [0.2, 0.25) is 0 Å². The average Bonchev–Trinajstić information content (AvgIpc) is 3.03. The van der Waals surface area contributed by atoms with Crippen molar-refractivity contribution in [2.24, 2.45) is 0 Å².